The van der Waals surface area contributed by atoms with Crippen molar-refractivity contribution in [2.24, 2.45) is 0 Å². The third-order valence-electron chi connectivity index (χ3n) is 0. The molecule has 4 heavy (non-hydrogen) atoms. The molecule has 0 unspecified atom stereocenters. The highest BCUT2D eigenvalue weighted by Gasteiger charge is 0.701. The maximum atomic E-state index is 8.28. The van der Waals surface area contributed by atoms with Crippen LogP contribution in [0.15, 0.2) is 0 Å². The van der Waals surface area contributed by atoms with Crippen molar-refractivity contribution in [3.05, 3.63) is 0 Å². The van der Waals surface area contributed by atoms with Crippen LogP contribution in [0, 0.1) is 0 Å². The Labute approximate surface area is 33.9 Å². The molecule has 0 aliphatic heterocycles. The van der Waals surface area contributed by atoms with Crippen molar-refractivity contribution in [2.45, 2.75) is 7.43 Å². The van der Waals surface area contributed by atoms with Crippen LogP contribution in [-0.4, -0.2) is 21.1 Å². The summed E-state index contributed by atoms with van der Waals surface area (Å²) in [7, 11) is 0.611. The van der Waals surface area contributed by atoms with Crippen LogP contribution in [0.5, 0.6) is 0 Å². The Morgan fingerprint density at radius 3 is 1.25 bits per heavy atom. The number of rotatable bonds is 0. The van der Waals surface area contributed by atoms with Gasteiger partial charge in [0.2, 0.25) is 10.1 Å². The van der Waals surface area contributed by atoms with Gasteiger partial charge in [-0.05, 0) is 11.0 Å². The van der Waals surface area contributed by atoms with E-state index in [9.17, 15) is 0 Å². The second-order valence-electron chi connectivity index (χ2n) is 0. The van der Waals surface area contributed by atoms with Crippen LogP contribution in [0.1, 0.15) is 7.43 Å². The van der Waals surface area contributed by atoms with Gasteiger partial charge in [-0.25, -0.2) is 0 Å². The monoisotopic (exact) mass is 94.0 g/mol. The zero-order valence-corrected chi connectivity index (χ0v) is 2.53. The van der Waals surface area contributed by atoms with Gasteiger partial charge in [-0.2, -0.15) is 0 Å². The van der Waals surface area contributed by atoms with Gasteiger partial charge in [-0.1, -0.05) is 7.43 Å². The van der Waals surface area contributed by atoms with Gasteiger partial charge in [0, 0.05) is 0 Å². The van der Waals surface area contributed by atoms with E-state index in [0.29, 0.717) is 10.1 Å². The van der Waals surface area contributed by atoms with E-state index in [4.69, 9.17) is 4.46 Å². The van der Waals surface area contributed by atoms with Gasteiger partial charge in [0.25, 0.3) is 0 Å². The lowest BCUT2D eigenvalue weighted by Crippen LogP contribution is -0.969. The second-order valence-corrected chi connectivity index (χ2v) is 0. The molecule has 3 heteroatoms. The maximum absolute atomic E-state index is 8.28. The van der Waals surface area contributed by atoms with Gasteiger partial charge in [0.1, 0.15) is 0 Å². The molecule has 0 heterocycles. The Bertz CT molecular complexity index is 6.00. The largest absolute Gasteiger partial charge is 0.396 e. The van der Waals surface area contributed by atoms with E-state index in [-0.39, 0.29) is 18.4 Å². The van der Waals surface area contributed by atoms with E-state index in [1.54, 1.807) is 0 Å². The average Bonchev–Trinajstić information content (AvgIpc) is 1.00. The third kappa shape index (κ3) is 62.2. The average molecular weight is 94.3 g/mol. The molecule has 0 aliphatic rings. The van der Waals surface area contributed by atoms with Gasteiger partial charge in [-0.15, -0.1) is 0 Å². The predicted molar refractivity (Wildman–Crippen MR) is 27.3 cm³/mol. The van der Waals surface area contributed by atoms with Crippen molar-refractivity contribution in [3.8, 4) is 0 Å². The highest BCUT2D eigenvalue weighted by atomic mass is 28.1. The summed E-state index contributed by atoms with van der Waals surface area (Å²) < 4.78 is 8.28. The van der Waals surface area contributed by atoms with Crippen LogP contribution in [0.25, 0.3) is 0 Å². The molecule has 0 spiro atoms. The summed E-state index contributed by atoms with van der Waals surface area (Å²) in [6.45, 7) is 0. The molecule has 0 atom stereocenters. The molecule has 0 bridgehead atoms. The fourth-order valence-corrected chi connectivity index (χ4v) is 0. The first kappa shape index (κ1) is 29.1. The molecule has 28 valence electrons. The zero-order valence-electron chi connectivity index (χ0n) is 1.12. The maximum Gasteiger partial charge on any atom is 0.245 e. The molecule has 0 fully saturated rings. The molecule has 0 N–H and O–H groups in total. The minimum Gasteiger partial charge on any atom is -0.396 e. The van der Waals surface area contributed by atoms with Crippen LogP contribution in [0.2, 0.25) is 0 Å². The van der Waals surface area contributed by atoms with Gasteiger partial charge < -0.3 is 4.46 Å². The molecule has 1 nitrogen and oxygen atoms in total. The molecule has 0 aromatic rings. The summed E-state index contributed by atoms with van der Waals surface area (Å²) in [5.41, 5.74) is 0. The minimum atomic E-state index is 0. The molecule has 0 aliphatic carbocycles. The van der Waals surface area contributed by atoms with Crippen LogP contribution in [0.4, 0.5) is 0 Å². The standard InChI is InChI=1S/CH4.H2OSi.H4Si/c;1-2;/h1H4;2H2;1H4. The van der Waals surface area contributed by atoms with Gasteiger partial charge in [-0.3, -0.25) is 0 Å². The predicted octanol–water partition coefficient (Wildman–Crippen LogP) is -1.85. The summed E-state index contributed by atoms with van der Waals surface area (Å²) in [6.07, 6.45) is 0. The highest BCUT2D eigenvalue weighted by Crippen LogP contribution is 0.469. The lowest BCUT2D eigenvalue weighted by Gasteiger charge is -0.852. The topological polar surface area (TPSA) is 17.1 Å². The first-order valence-electron chi connectivity index (χ1n) is 0.289. The quantitative estimate of drug-likeness (QED) is 0.322. The summed E-state index contributed by atoms with van der Waals surface area (Å²) in [4.78, 5) is 0. The molecule has 0 saturated heterocycles. The number of hydrogen-bond donors (Lipinski definition) is 0. The Balaban J connectivity index is -0.00000000500. The smallest absolute Gasteiger partial charge is 0.245 e. The fraction of sp³-hybridized carbons (Fsp3) is 1.00. The van der Waals surface area contributed by atoms with Crippen molar-refractivity contribution in [1.29, 1.82) is 0 Å². The van der Waals surface area contributed by atoms with Crippen molar-refractivity contribution in [2.75, 3.05) is 0 Å². The fourth-order valence-electron chi connectivity index (χ4n) is 0. The van der Waals surface area contributed by atoms with E-state index in [2.05, 4.69) is 0 Å². The van der Waals surface area contributed by atoms with E-state index in [1.165, 1.54) is 0 Å². The van der Waals surface area contributed by atoms with E-state index < -0.39 is 0 Å². The first-order valence-corrected chi connectivity index (χ1v) is 0.866. The Morgan fingerprint density at radius 1 is 1.25 bits per heavy atom. The van der Waals surface area contributed by atoms with Crippen LogP contribution < -0.4 is 0 Å². The van der Waals surface area contributed by atoms with Gasteiger partial charge in [0.05, 0.1) is 0 Å². The molecule has 0 radical (unpaired) electrons. The van der Waals surface area contributed by atoms with E-state index in [0.717, 1.165) is 0 Å². The molecule has 0 aromatic heterocycles. The third-order valence-corrected chi connectivity index (χ3v) is 0. The molecule has 0 saturated carbocycles. The van der Waals surface area contributed by atoms with Crippen LogP contribution in [0.3, 0.4) is 0 Å². The van der Waals surface area contributed by atoms with Crippen LogP contribution >= 0.6 is 0 Å². The second kappa shape index (κ2) is 295. The minimum absolute atomic E-state index is 0. The van der Waals surface area contributed by atoms with Crippen molar-refractivity contribution in [3.63, 3.8) is 0 Å². The molecular formula is CH10OSi2. The highest BCUT2D eigenvalue weighted by molar-refractivity contribution is 5.85. The molecular weight excluding hydrogens is 84.2 g/mol. The van der Waals surface area contributed by atoms with Gasteiger partial charge >= 0.3 is 0 Å². The normalized spacial score (nSPS) is 1.00. The molecule has 0 aromatic carbocycles. The van der Waals surface area contributed by atoms with E-state index >= 15 is 0 Å². The summed E-state index contributed by atoms with van der Waals surface area (Å²) in [5.74, 6) is 0. The first-order chi connectivity index (χ1) is 1.00. The number of hydrogen-bond acceptors (Lipinski definition) is 1. The Hall–Kier alpha value is 0.234. The lowest BCUT2D eigenvalue weighted by molar-refractivity contribution is 0.590. The van der Waals surface area contributed by atoms with Crippen LogP contribution in [-0.2, 0) is 4.46 Å². The summed E-state index contributed by atoms with van der Waals surface area (Å²) in [6, 6.07) is 0. The van der Waals surface area contributed by atoms with Gasteiger partial charge in [0.15, 0.2) is 0 Å². The molecule has 0 amide bonds. The van der Waals surface area contributed by atoms with Crippen molar-refractivity contribution < 1.29 is 4.46 Å². The summed E-state index contributed by atoms with van der Waals surface area (Å²) >= 11 is 0. The SMILES string of the molecule is C.O=[SiH2].[SiH4]. The lowest BCUT2D eigenvalue weighted by atomic mass is 12.0. The van der Waals surface area contributed by atoms with Crippen molar-refractivity contribution in [1.82, 2.24) is 0 Å². The Morgan fingerprint density at radius 2 is 1.25 bits per heavy atom. The Kier molecular flexibility index (Phi) is 2150. The molecule has 0 rings (SSSR count). The zero-order chi connectivity index (χ0) is 2.00. The summed E-state index contributed by atoms with van der Waals surface area (Å²) in [5, 5.41) is 0. The van der Waals surface area contributed by atoms with Crippen molar-refractivity contribution >= 4 is 21.1 Å². The van der Waals surface area contributed by atoms with E-state index in [1.807, 2.05) is 0 Å².